The quantitative estimate of drug-likeness (QED) is 0.656. The summed E-state index contributed by atoms with van der Waals surface area (Å²) in [4.78, 5) is 11.2. The summed E-state index contributed by atoms with van der Waals surface area (Å²) < 4.78 is 5.12. The van der Waals surface area contributed by atoms with E-state index in [2.05, 4.69) is 12.6 Å². The number of carbonyl (C=O) groups excluding carboxylic acids is 1. The predicted molar refractivity (Wildman–Crippen MR) is 87.4 cm³/mol. The van der Waals surface area contributed by atoms with Gasteiger partial charge in [0, 0.05) is 12.7 Å². The molecule has 3 nitrogen and oxygen atoms in total. The summed E-state index contributed by atoms with van der Waals surface area (Å²) in [7, 11) is 0. The van der Waals surface area contributed by atoms with Gasteiger partial charge in [-0.05, 0) is 47.2 Å². The maximum absolute atomic E-state index is 11.2. The molecule has 0 heterocycles. The Hall–Kier alpha value is -2.39. The van der Waals surface area contributed by atoms with Crippen molar-refractivity contribution in [2.75, 3.05) is 6.61 Å². The minimum atomic E-state index is -0.418. The molecule has 0 aromatic heterocycles. The predicted octanol–water partition coefficient (Wildman–Crippen LogP) is 3.43. The van der Waals surface area contributed by atoms with E-state index in [4.69, 9.17) is 9.84 Å². The molecule has 0 bridgehead atoms. The lowest BCUT2D eigenvalue weighted by Crippen LogP contribution is -2.01. The molecule has 2 aromatic carbocycles. The van der Waals surface area contributed by atoms with Gasteiger partial charge in [0.1, 0.15) is 6.61 Å². The van der Waals surface area contributed by atoms with Gasteiger partial charge in [0.2, 0.25) is 0 Å². The fraction of sp³-hybridized carbons (Fsp3) is 0.211. The van der Waals surface area contributed by atoms with Crippen LogP contribution in [0.3, 0.4) is 0 Å². The number of carbonyl (C=O) groups is 1. The summed E-state index contributed by atoms with van der Waals surface area (Å²) in [5.74, 6) is -0.418. The van der Waals surface area contributed by atoms with Gasteiger partial charge in [-0.2, -0.15) is 0 Å². The Bertz CT molecular complexity index is 657. The molecule has 0 aliphatic carbocycles. The Morgan fingerprint density at radius 1 is 1.18 bits per heavy atom. The monoisotopic (exact) mass is 296 g/mol. The van der Waals surface area contributed by atoms with Crippen LogP contribution in [-0.4, -0.2) is 17.7 Å². The lowest BCUT2D eigenvalue weighted by molar-refractivity contribution is -0.138. The van der Waals surface area contributed by atoms with Crippen molar-refractivity contribution in [1.29, 1.82) is 0 Å². The van der Waals surface area contributed by atoms with Crippen LogP contribution in [0.1, 0.15) is 16.7 Å². The molecule has 1 N–H and O–H groups in total. The van der Waals surface area contributed by atoms with Crippen LogP contribution in [-0.2, 0) is 22.6 Å². The number of rotatable bonds is 6. The van der Waals surface area contributed by atoms with Crippen LogP contribution in [0.2, 0.25) is 0 Å². The molecular formula is C19H20O3. The van der Waals surface area contributed by atoms with Crippen molar-refractivity contribution < 1.29 is 14.6 Å². The minimum absolute atomic E-state index is 0.155. The smallest absolute Gasteiger partial charge is 0.330 e. The first-order valence-corrected chi connectivity index (χ1v) is 7.23. The van der Waals surface area contributed by atoms with E-state index in [-0.39, 0.29) is 13.2 Å². The van der Waals surface area contributed by atoms with Gasteiger partial charge in [-0.1, -0.05) is 43.0 Å². The summed E-state index contributed by atoms with van der Waals surface area (Å²) >= 11 is 0. The van der Waals surface area contributed by atoms with Gasteiger partial charge in [0.05, 0.1) is 0 Å². The van der Waals surface area contributed by atoms with E-state index in [1.165, 1.54) is 6.08 Å². The van der Waals surface area contributed by atoms with E-state index in [0.29, 0.717) is 6.42 Å². The number of hydrogen-bond donors (Lipinski definition) is 1. The highest BCUT2D eigenvalue weighted by Crippen LogP contribution is 2.23. The second kappa shape index (κ2) is 7.57. The highest BCUT2D eigenvalue weighted by atomic mass is 16.5. The van der Waals surface area contributed by atoms with Crippen molar-refractivity contribution in [3.05, 3.63) is 71.8 Å². The first-order valence-electron chi connectivity index (χ1n) is 7.23. The molecule has 3 heteroatoms. The lowest BCUT2D eigenvalue weighted by Gasteiger charge is -2.10. The van der Waals surface area contributed by atoms with E-state index >= 15 is 0 Å². The highest BCUT2D eigenvalue weighted by molar-refractivity contribution is 5.81. The minimum Gasteiger partial charge on any atom is -0.458 e. The fourth-order valence-electron chi connectivity index (χ4n) is 2.21. The standard InChI is InChI=1S/C19H20O3/c1-3-19(21)22-13-18-12-17(7-4-14(18)2)16-8-5-15(6-9-16)10-11-20/h3-9,12,20H,1,10-11,13H2,2H3. The average Bonchev–Trinajstić information content (AvgIpc) is 2.55. The summed E-state index contributed by atoms with van der Waals surface area (Å²) in [5.41, 5.74) is 5.34. The van der Waals surface area contributed by atoms with Gasteiger partial charge in [-0.15, -0.1) is 0 Å². The molecule has 0 unspecified atom stereocenters. The maximum Gasteiger partial charge on any atom is 0.330 e. The van der Waals surface area contributed by atoms with Crippen LogP contribution < -0.4 is 0 Å². The first-order chi connectivity index (χ1) is 10.6. The van der Waals surface area contributed by atoms with E-state index < -0.39 is 5.97 Å². The van der Waals surface area contributed by atoms with Crippen LogP contribution in [0.15, 0.2) is 55.1 Å². The molecule has 0 aliphatic rings. The average molecular weight is 296 g/mol. The third kappa shape index (κ3) is 4.06. The Kier molecular flexibility index (Phi) is 5.50. The third-order valence-corrected chi connectivity index (χ3v) is 3.57. The molecule has 0 aliphatic heterocycles. The summed E-state index contributed by atoms with van der Waals surface area (Å²) in [6.45, 7) is 5.78. The Labute approximate surface area is 130 Å². The van der Waals surface area contributed by atoms with Crippen LogP contribution >= 0.6 is 0 Å². The van der Waals surface area contributed by atoms with Crippen molar-refractivity contribution in [2.45, 2.75) is 20.0 Å². The van der Waals surface area contributed by atoms with E-state index in [0.717, 1.165) is 27.8 Å². The molecule has 2 aromatic rings. The zero-order chi connectivity index (χ0) is 15.9. The van der Waals surface area contributed by atoms with Crippen molar-refractivity contribution >= 4 is 5.97 Å². The normalized spacial score (nSPS) is 10.3. The van der Waals surface area contributed by atoms with Gasteiger partial charge in [-0.25, -0.2) is 4.79 Å². The number of aryl methyl sites for hydroxylation is 1. The summed E-state index contributed by atoms with van der Waals surface area (Å²) in [6.07, 6.45) is 1.83. The number of aliphatic hydroxyl groups excluding tert-OH is 1. The van der Waals surface area contributed by atoms with Gasteiger partial charge < -0.3 is 9.84 Å². The molecule has 0 atom stereocenters. The molecule has 0 amide bonds. The highest BCUT2D eigenvalue weighted by Gasteiger charge is 2.05. The SMILES string of the molecule is C=CC(=O)OCc1cc(-c2ccc(CCO)cc2)ccc1C. The van der Waals surface area contributed by atoms with E-state index in [1.54, 1.807) is 0 Å². The molecule has 0 saturated carbocycles. The van der Waals surface area contributed by atoms with Gasteiger partial charge in [0.15, 0.2) is 0 Å². The molecule has 0 saturated heterocycles. The van der Waals surface area contributed by atoms with Gasteiger partial charge in [0.25, 0.3) is 0 Å². The zero-order valence-electron chi connectivity index (χ0n) is 12.7. The van der Waals surface area contributed by atoms with Crippen LogP contribution in [0, 0.1) is 6.92 Å². The Morgan fingerprint density at radius 2 is 1.86 bits per heavy atom. The summed E-state index contributed by atoms with van der Waals surface area (Å²) in [5, 5.41) is 8.95. The zero-order valence-corrected chi connectivity index (χ0v) is 12.7. The van der Waals surface area contributed by atoms with Crippen LogP contribution in [0.4, 0.5) is 0 Å². The van der Waals surface area contributed by atoms with Crippen molar-refractivity contribution in [2.24, 2.45) is 0 Å². The van der Waals surface area contributed by atoms with Crippen molar-refractivity contribution in [3.8, 4) is 11.1 Å². The molecule has 0 radical (unpaired) electrons. The van der Waals surface area contributed by atoms with Crippen molar-refractivity contribution in [1.82, 2.24) is 0 Å². The second-order valence-electron chi connectivity index (χ2n) is 5.12. The molecular weight excluding hydrogens is 276 g/mol. The lowest BCUT2D eigenvalue weighted by atomic mass is 9.99. The number of aliphatic hydroxyl groups is 1. The van der Waals surface area contributed by atoms with E-state index in [9.17, 15) is 4.79 Å². The second-order valence-corrected chi connectivity index (χ2v) is 5.12. The number of ether oxygens (including phenoxy) is 1. The third-order valence-electron chi connectivity index (χ3n) is 3.57. The maximum atomic E-state index is 11.2. The topological polar surface area (TPSA) is 46.5 Å². The van der Waals surface area contributed by atoms with Crippen molar-refractivity contribution in [3.63, 3.8) is 0 Å². The Morgan fingerprint density at radius 3 is 2.50 bits per heavy atom. The van der Waals surface area contributed by atoms with Gasteiger partial charge >= 0.3 is 5.97 Å². The number of esters is 1. The Balaban J connectivity index is 2.20. The molecule has 0 spiro atoms. The molecule has 2 rings (SSSR count). The van der Waals surface area contributed by atoms with E-state index in [1.807, 2.05) is 43.3 Å². The summed E-state index contributed by atoms with van der Waals surface area (Å²) in [6, 6.07) is 14.2. The largest absolute Gasteiger partial charge is 0.458 e. The van der Waals surface area contributed by atoms with Gasteiger partial charge in [-0.3, -0.25) is 0 Å². The van der Waals surface area contributed by atoms with Crippen LogP contribution in [0.25, 0.3) is 11.1 Å². The number of hydrogen-bond acceptors (Lipinski definition) is 3. The van der Waals surface area contributed by atoms with Crippen LogP contribution in [0.5, 0.6) is 0 Å². The first kappa shape index (κ1) is 16.0. The molecule has 114 valence electrons. The number of benzene rings is 2. The molecule has 0 fully saturated rings. The molecule has 22 heavy (non-hydrogen) atoms. The fourth-order valence-corrected chi connectivity index (χ4v) is 2.21.